The van der Waals surface area contributed by atoms with Gasteiger partial charge < -0.3 is 9.84 Å². The van der Waals surface area contributed by atoms with Crippen LogP contribution in [0.4, 0.5) is 0 Å². The molecular formula is C23H37O2P. The van der Waals surface area contributed by atoms with Crippen molar-refractivity contribution in [2.75, 3.05) is 0 Å². The minimum absolute atomic E-state index is 0.0914. The third-order valence-electron chi connectivity index (χ3n) is 7.39. The van der Waals surface area contributed by atoms with Crippen LogP contribution in [0.25, 0.3) is 0 Å². The van der Waals surface area contributed by atoms with Gasteiger partial charge in [0.1, 0.15) is 0 Å². The average molecular weight is 377 g/mol. The van der Waals surface area contributed by atoms with Crippen LogP contribution in [0.2, 0.25) is 0 Å². The van der Waals surface area contributed by atoms with Crippen molar-refractivity contribution < 1.29 is 9.84 Å². The van der Waals surface area contributed by atoms with Gasteiger partial charge in [0, 0.05) is 0 Å². The summed E-state index contributed by atoms with van der Waals surface area (Å²) in [5.74, 6) is 1.37. The van der Waals surface area contributed by atoms with Gasteiger partial charge >= 0.3 is 0 Å². The van der Waals surface area contributed by atoms with E-state index in [1.165, 1.54) is 25.7 Å². The van der Waals surface area contributed by atoms with E-state index in [-0.39, 0.29) is 28.9 Å². The first-order valence-electron chi connectivity index (χ1n) is 10.3. The largest absolute Gasteiger partial charge is 0.393 e. The van der Waals surface area contributed by atoms with Gasteiger partial charge in [-0.15, -0.1) is 9.24 Å². The molecule has 0 spiro atoms. The summed E-state index contributed by atoms with van der Waals surface area (Å²) < 4.78 is 6.32. The molecule has 2 aliphatic rings. The number of hydrogen-bond acceptors (Lipinski definition) is 2. The van der Waals surface area contributed by atoms with E-state index in [0.717, 1.165) is 0 Å². The minimum atomic E-state index is -0.306. The summed E-state index contributed by atoms with van der Waals surface area (Å²) in [5, 5.41) is 9.64. The van der Waals surface area contributed by atoms with Crippen molar-refractivity contribution in [1.82, 2.24) is 0 Å². The van der Waals surface area contributed by atoms with Gasteiger partial charge in [-0.05, 0) is 79.7 Å². The van der Waals surface area contributed by atoms with Crippen LogP contribution in [0.5, 0.6) is 0 Å². The lowest BCUT2D eigenvalue weighted by Crippen LogP contribution is -2.54. The molecule has 1 unspecified atom stereocenters. The first kappa shape index (κ1) is 20.3. The Morgan fingerprint density at radius 3 is 2.58 bits per heavy atom. The molecular weight excluding hydrogens is 339 g/mol. The van der Waals surface area contributed by atoms with Crippen molar-refractivity contribution >= 4 is 9.24 Å². The predicted octanol–water partition coefficient (Wildman–Crippen LogP) is 5.32. The number of rotatable bonds is 5. The Balaban J connectivity index is 1.81. The van der Waals surface area contributed by atoms with Crippen LogP contribution in [-0.2, 0) is 16.6 Å². The number of hydrogen-bond donors (Lipinski definition) is 1. The Bertz CT molecular complexity index is 626. The molecule has 1 N–H and O–H groups in total. The highest BCUT2D eigenvalue weighted by molar-refractivity contribution is 7.17. The standard InChI is InChI=1S/C23H37O2P/c1-15(24)14-16(2)25-21(26)19-12-13-23(5)18-9-7-6-8-17(18)10-11-20(23)22(19,3)4/h6-9,15-16,19-21,24H,10-14,26H2,1-5H3/t15-,16-,19+,20-,21-,23+/m0/s1. The van der Waals surface area contributed by atoms with E-state index in [4.69, 9.17) is 4.74 Å². The van der Waals surface area contributed by atoms with Crippen LogP contribution >= 0.6 is 9.24 Å². The van der Waals surface area contributed by atoms with Gasteiger partial charge in [0.2, 0.25) is 0 Å². The zero-order valence-corrected chi connectivity index (χ0v) is 18.3. The molecule has 2 nitrogen and oxygen atoms in total. The van der Waals surface area contributed by atoms with Gasteiger partial charge in [-0.25, -0.2) is 0 Å². The fourth-order valence-corrected chi connectivity index (χ4v) is 7.13. The summed E-state index contributed by atoms with van der Waals surface area (Å²) in [6.07, 6.45) is 5.40. The Morgan fingerprint density at radius 1 is 1.19 bits per heavy atom. The van der Waals surface area contributed by atoms with Crippen LogP contribution in [0.3, 0.4) is 0 Å². The normalized spacial score (nSPS) is 33.7. The Kier molecular flexibility index (Phi) is 5.88. The molecule has 0 aliphatic heterocycles. The molecule has 3 rings (SSSR count). The molecule has 1 aromatic carbocycles. The smallest absolute Gasteiger partial charge is 0.0745 e. The van der Waals surface area contributed by atoms with Crippen molar-refractivity contribution in [2.45, 2.75) is 90.2 Å². The molecule has 1 saturated carbocycles. The second-order valence-electron chi connectivity index (χ2n) is 9.63. The second kappa shape index (κ2) is 7.53. The molecule has 0 heterocycles. The second-order valence-corrected chi connectivity index (χ2v) is 10.3. The maximum absolute atomic E-state index is 9.64. The summed E-state index contributed by atoms with van der Waals surface area (Å²) in [6.45, 7) is 11.4. The van der Waals surface area contributed by atoms with Gasteiger partial charge in [0.05, 0.1) is 18.1 Å². The summed E-state index contributed by atoms with van der Waals surface area (Å²) >= 11 is 0. The zero-order valence-electron chi connectivity index (χ0n) is 17.2. The number of aliphatic hydroxyl groups is 1. The van der Waals surface area contributed by atoms with Gasteiger partial charge in [0.25, 0.3) is 0 Å². The Morgan fingerprint density at radius 2 is 1.88 bits per heavy atom. The van der Waals surface area contributed by atoms with E-state index in [2.05, 4.69) is 61.2 Å². The number of benzene rings is 1. The van der Waals surface area contributed by atoms with Crippen molar-refractivity contribution in [1.29, 1.82) is 0 Å². The third-order valence-corrected chi connectivity index (χ3v) is 8.01. The van der Waals surface area contributed by atoms with Crippen LogP contribution in [-0.4, -0.2) is 23.2 Å². The van der Waals surface area contributed by atoms with Crippen molar-refractivity contribution in [3.8, 4) is 0 Å². The number of aliphatic hydroxyl groups excluding tert-OH is 1. The first-order chi connectivity index (χ1) is 12.2. The SMILES string of the molecule is C[C@H](O)C[C@H](C)O[C@@H](P)[C@H]1CC[C@]2(C)c3ccccc3CC[C@H]2C1(C)C. The maximum atomic E-state index is 9.64. The summed E-state index contributed by atoms with van der Waals surface area (Å²) in [7, 11) is 2.97. The number of fused-ring (bicyclic) bond motifs is 3. The molecule has 0 aromatic heterocycles. The van der Waals surface area contributed by atoms with Gasteiger partial charge in [0.15, 0.2) is 0 Å². The molecule has 7 atom stereocenters. The van der Waals surface area contributed by atoms with E-state index in [9.17, 15) is 5.11 Å². The van der Waals surface area contributed by atoms with Gasteiger partial charge in [-0.2, -0.15) is 0 Å². The molecule has 1 fully saturated rings. The molecule has 3 heteroatoms. The van der Waals surface area contributed by atoms with Crippen LogP contribution in [0.1, 0.15) is 71.4 Å². The molecule has 1 aromatic rings. The Labute approximate surface area is 162 Å². The number of ether oxygens (including phenoxy) is 1. The maximum Gasteiger partial charge on any atom is 0.0745 e. The van der Waals surface area contributed by atoms with E-state index < -0.39 is 0 Å². The highest BCUT2D eigenvalue weighted by Gasteiger charge is 2.54. The zero-order chi connectivity index (χ0) is 19.1. The lowest BCUT2D eigenvalue weighted by atomic mass is 9.47. The fourth-order valence-electron chi connectivity index (χ4n) is 6.18. The van der Waals surface area contributed by atoms with Crippen LogP contribution in [0.15, 0.2) is 24.3 Å². The monoisotopic (exact) mass is 376 g/mol. The van der Waals surface area contributed by atoms with Gasteiger partial charge in [-0.1, -0.05) is 45.0 Å². The van der Waals surface area contributed by atoms with Gasteiger partial charge in [-0.3, -0.25) is 0 Å². The molecule has 0 radical (unpaired) electrons. The average Bonchev–Trinajstić information content (AvgIpc) is 2.53. The molecule has 26 heavy (non-hydrogen) atoms. The number of aryl methyl sites for hydroxylation is 1. The lowest BCUT2D eigenvalue weighted by molar-refractivity contribution is -0.0874. The van der Waals surface area contributed by atoms with Crippen molar-refractivity contribution in [2.24, 2.45) is 17.3 Å². The topological polar surface area (TPSA) is 29.5 Å². The highest BCUT2D eigenvalue weighted by Crippen LogP contribution is 2.60. The van der Waals surface area contributed by atoms with Crippen molar-refractivity contribution in [3.63, 3.8) is 0 Å². The molecule has 0 saturated heterocycles. The third kappa shape index (κ3) is 3.62. The molecule has 146 valence electrons. The lowest BCUT2D eigenvalue weighted by Gasteiger charge is -2.58. The first-order valence-corrected chi connectivity index (χ1v) is 11.0. The Hall–Kier alpha value is -0.430. The highest BCUT2D eigenvalue weighted by atomic mass is 31.0. The quantitative estimate of drug-likeness (QED) is 0.705. The summed E-state index contributed by atoms with van der Waals surface area (Å²) in [5.41, 5.74) is 3.67. The van der Waals surface area contributed by atoms with Crippen molar-refractivity contribution in [3.05, 3.63) is 35.4 Å². The predicted molar refractivity (Wildman–Crippen MR) is 112 cm³/mol. The van der Waals surface area contributed by atoms with E-state index >= 15 is 0 Å². The van der Waals surface area contributed by atoms with E-state index in [1.807, 2.05) is 6.92 Å². The van der Waals surface area contributed by atoms with Crippen LogP contribution < -0.4 is 0 Å². The van der Waals surface area contributed by atoms with Crippen LogP contribution in [0, 0.1) is 17.3 Å². The minimum Gasteiger partial charge on any atom is -0.393 e. The summed E-state index contributed by atoms with van der Waals surface area (Å²) in [4.78, 5) is 0. The molecule has 0 bridgehead atoms. The van der Waals surface area contributed by atoms with E-state index in [0.29, 0.717) is 18.3 Å². The van der Waals surface area contributed by atoms with E-state index in [1.54, 1.807) is 11.1 Å². The fraction of sp³-hybridized carbons (Fsp3) is 0.739. The summed E-state index contributed by atoms with van der Waals surface area (Å²) in [6, 6.07) is 9.10. The molecule has 2 aliphatic carbocycles. The molecule has 0 amide bonds.